The maximum atomic E-state index is 13.8. The minimum absolute atomic E-state index is 0.0763. The molecule has 2 aromatic heterocycles. The monoisotopic (exact) mass is 380 g/mol. The quantitative estimate of drug-likeness (QED) is 0.654. The lowest BCUT2D eigenvalue weighted by Gasteiger charge is -2.36. The minimum Gasteiger partial charge on any atom is -0.366 e. The molecule has 142 valence electrons. The van der Waals surface area contributed by atoms with Crippen molar-refractivity contribution in [3.8, 4) is 0 Å². The second-order valence-corrected chi connectivity index (χ2v) is 6.33. The summed E-state index contributed by atoms with van der Waals surface area (Å²) in [5.74, 6) is -1.38. The van der Waals surface area contributed by atoms with Gasteiger partial charge in [0.1, 0.15) is 5.82 Å². The van der Waals surface area contributed by atoms with Crippen LogP contribution in [0, 0.1) is 5.82 Å². The van der Waals surface area contributed by atoms with Crippen molar-refractivity contribution in [3.63, 3.8) is 0 Å². The molecule has 1 aliphatic heterocycles. The van der Waals surface area contributed by atoms with E-state index in [1.54, 1.807) is 24.3 Å². The van der Waals surface area contributed by atoms with Crippen molar-refractivity contribution >= 4 is 11.3 Å². The van der Waals surface area contributed by atoms with Crippen LogP contribution >= 0.6 is 0 Å². The Morgan fingerprint density at radius 2 is 1.70 bits per heavy atom. The smallest absolute Gasteiger partial charge is 0.366 e. The molecule has 0 bridgehead atoms. The van der Waals surface area contributed by atoms with Gasteiger partial charge >= 0.3 is 6.18 Å². The van der Waals surface area contributed by atoms with Gasteiger partial charge in [-0.1, -0.05) is 18.2 Å². The lowest BCUT2D eigenvalue weighted by atomic mass is 10.2. The topological polar surface area (TPSA) is 49.6 Å². The summed E-state index contributed by atoms with van der Waals surface area (Å²) in [5.41, 5.74) is 1.26. The van der Waals surface area contributed by atoms with E-state index in [-0.39, 0.29) is 11.5 Å². The van der Waals surface area contributed by atoms with Crippen molar-refractivity contribution in [2.24, 2.45) is 0 Å². The summed E-state index contributed by atoms with van der Waals surface area (Å²) < 4.78 is 53.5. The molecule has 0 aliphatic carbocycles. The molecule has 0 radical (unpaired) electrons. The highest BCUT2D eigenvalue weighted by Crippen LogP contribution is 2.30. The molecule has 27 heavy (non-hydrogen) atoms. The van der Waals surface area contributed by atoms with Crippen molar-refractivity contribution in [2.45, 2.75) is 12.7 Å². The fourth-order valence-corrected chi connectivity index (χ4v) is 3.23. The molecule has 0 amide bonds. The van der Waals surface area contributed by atoms with Crippen LogP contribution in [0.15, 0.2) is 36.5 Å². The predicted molar refractivity (Wildman–Crippen MR) is 89.7 cm³/mol. The van der Waals surface area contributed by atoms with E-state index in [1.807, 2.05) is 4.90 Å². The molecule has 3 heterocycles. The third-order valence-electron chi connectivity index (χ3n) is 4.60. The highest BCUT2D eigenvalue weighted by atomic mass is 19.4. The Hall–Kier alpha value is -2.75. The van der Waals surface area contributed by atoms with Gasteiger partial charge in [-0.25, -0.2) is 4.39 Å². The molecule has 0 unspecified atom stereocenters. The first kappa shape index (κ1) is 17.7. The summed E-state index contributed by atoms with van der Waals surface area (Å²) in [6.07, 6.45) is -3.31. The molecule has 10 heteroatoms. The van der Waals surface area contributed by atoms with Crippen LogP contribution in [-0.2, 0) is 12.7 Å². The van der Waals surface area contributed by atoms with Gasteiger partial charge in [0, 0.05) is 38.3 Å². The van der Waals surface area contributed by atoms with E-state index in [0.717, 1.165) is 4.52 Å². The first-order valence-corrected chi connectivity index (χ1v) is 8.42. The predicted octanol–water partition coefficient (Wildman–Crippen LogP) is 2.60. The Labute approximate surface area is 152 Å². The van der Waals surface area contributed by atoms with Crippen LogP contribution in [0.25, 0.3) is 5.65 Å². The first-order valence-electron chi connectivity index (χ1n) is 8.42. The largest absolute Gasteiger partial charge is 0.453 e. The Morgan fingerprint density at radius 1 is 0.963 bits per heavy atom. The molecule has 0 atom stereocenters. The number of fused-ring (bicyclic) bond motifs is 1. The van der Waals surface area contributed by atoms with Crippen LogP contribution in [0.4, 0.5) is 23.2 Å². The normalized spacial score (nSPS) is 16.2. The van der Waals surface area contributed by atoms with Gasteiger partial charge in [0.2, 0.25) is 5.65 Å². The van der Waals surface area contributed by atoms with Gasteiger partial charge < -0.3 is 4.90 Å². The van der Waals surface area contributed by atoms with Gasteiger partial charge in [-0.05, 0) is 12.1 Å². The van der Waals surface area contributed by atoms with E-state index in [0.29, 0.717) is 44.0 Å². The van der Waals surface area contributed by atoms with Crippen LogP contribution in [0.1, 0.15) is 11.4 Å². The Morgan fingerprint density at radius 3 is 2.41 bits per heavy atom. The molecule has 4 rings (SSSR count). The van der Waals surface area contributed by atoms with E-state index in [1.165, 1.54) is 12.3 Å². The number of aromatic nitrogens is 4. The van der Waals surface area contributed by atoms with Crippen LogP contribution in [0.5, 0.6) is 0 Å². The zero-order valence-corrected chi connectivity index (χ0v) is 14.2. The third kappa shape index (κ3) is 3.44. The number of anilines is 1. The third-order valence-corrected chi connectivity index (χ3v) is 4.60. The van der Waals surface area contributed by atoms with Crippen molar-refractivity contribution in [3.05, 3.63) is 53.7 Å². The van der Waals surface area contributed by atoms with Crippen LogP contribution in [-0.4, -0.2) is 50.9 Å². The first-order chi connectivity index (χ1) is 12.9. The molecule has 0 saturated carbocycles. The summed E-state index contributed by atoms with van der Waals surface area (Å²) in [6, 6.07) is 8.27. The maximum absolute atomic E-state index is 13.8. The van der Waals surface area contributed by atoms with Crippen LogP contribution < -0.4 is 4.90 Å². The van der Waals surface area contributed by atoms with Gasteiger partial charge in [-0.3, -0.25) is 4.90 Å². The fourth-order valence-electron chi connectivity index (χ4n) is 3.23. The molecular formula is C17H16F4N6. The number of halogens is 4. The molecule has 1 aromatic carbocycles. The Balaban J connectivity index is 1.50. The van der Waals surface area contributed by atoms with Crippen LogP contribution in [0.3, 0.4) is 0 Å². The van der Waals surface area contributed by atoms with Gasteiger partial charge in [-0.15, -0.1) is 10.2 Å². The SMILES string of the molecule is Fc1ccccc1CN1CCN(c2ccnn3c(C(F)(F)F)nnc23)CC1. The number of hydrogen-bond donors (Lipinski definition) is 0. The average molecular weight is 380 g/mol. The van der Waals surface area contributed by atoms with E-state index in [4.69, 9.17) is 0 Å². The molecule has 1 fully saturated rings. The summed E-state index contributed by atoms with van der Waals surface area (Å²) in [5, 5.41) is 10.7. The van der Waals surface area contributed by atoms with Crippen molar-refractivity contribution < 1.29 is 17.6 Å². The second-order valence-electron chi connectivity index (χ2n) is 6.33. The van der Waals surface area contributed by atoms with Crippen LogP contribution in [0.2, 0.25) is 0 Å². The van der Waals surface area contributed by atoms with E-state index >= 15 is 0 Å². The number of hydrogen-bond acceptors (Lipinski definition) is 5. The molecule has 1 saturated heterocycles. The lowest BCUT2D eigenvalue weighted by molar-refractivity contribution is -0.146. The Bertz CT molecular complexity index is 946. The molecular weight excluding hydrogens is 364 g/mol. The van der Waals surface area contributed by atoms with Gasteiger partial charge in [0.05, 0.1) is 11.9 Å². The van der Waals surface area contributed by atoms with Gasteiger partial charge in [-0.2, -0.15) is 22.8 Å². The van der Waals surface area contributed by atoms with E-state index in [9.17, 15) is 17.6 Å². The summed E-state index contributed by atoms with van der Waals surface area (Å²) >= 11 is 0. The van der Waals surface area contributed by atoms with E-state index < -0.39 is 12.0 Å². The average Bonchev–Trinajstić information content (AvgIpc) is 3.09. The molecule has 3 aromatic rings. The summed E-state index contributed by atoms with van der Waals surface area (Å²) in [7, 11) is 0. The molecule has 1 aliphatic rings. The fraction of sp³-hybridized carbons (Fsp3) is 0.353. The van der Waals surface area contributed by atoms with Crippen molar-refractivity contribution in [1.82, 2.24) is 24.7 Å². The van der Waals surface area contributed by atoms with Gasteiger partial charge in [0.15, 0.2) is 0 Å². The Kier molecular flexibility index (Phi) is 4.42. The molecule has 6 nitrogen and oxygen atoms in total. The number of piperazine rings is 1. The van der Waals surface area contributed by atoms with Crippen molar-refractivity contribution in [2.75, 3.05) is 31.1 Å². The highest BCUT2D eigenvalue weighted by molar-refractivity contribution is 5.68. The minimum atomic E-state index is -4.62. The van der Waals surface area contributed by atoms with E-state index in [2.05, 4.69) is 20.2 Å². The lowest BCUT2D eigenvalue weighted by Crippen LogP contribution is -2.46. The molecule has 0 N–H and O–H groups in total. The highest BCUT2D eigenvalue weighted by Gasteiger charge is 2.38. The zero-order valence-electron chi connectivity index (χ0n) is 14.2. The number of rotatable bonds is 3. The summed E-state index contributed by atoms with van der Waals surface area (Å²) in [4.78, 5) is 4.06. The number of nitrogens with zero attached hydrogens (tertiary/aromatic N) is 6. The number of benzene rings is 1. The molecule has 0 spiro atoms. The van der Waals surface area contributed by atoms with Gasteiger partial charge in [0.25, 0.3) is 5.82 Å². The second kappa shape index (κ2) is 6.76. The van der Waals surface area contributed by atoms with Crippen molar-refractivity contribution in [1.29, 1.82) is 0 Å². The zero-order chi connectivity index (χ0) is 19.0. The summed E-state index contributed by atoms with van der Waals surface area (Å²) in [6.45, 7) is 2.98. The maximum Gasteiger partial charge on any atom is 0.453 e. The standard InChI is InChI=1S/C17H16F4N6/c18-13-4-2-1-3-12(13)11-25-7-9-26(10-8-25)14-5-6-22-27-15(14)23-24-16(27)17(19,20)21/h1-6H,7-11H2. The number of alkyl halides is 3.